The molecule has 120 valence electrons. The molecule has 1 heterocycles. The van der Waals surface area contributed by atoms with Crippen LogP contribution in [0.1, 0.15) is 24.1 Å². The van der Waals surface area contributed by atoms with E-state index in [1.165, 1.54) is 6.07 Å². The number of amides is 1. The summed E-state index contributed by atoms with van der Waals surface area (Å²) in [5, 5.41) is 0. The summed E-state index contributed by atoms with van der Waals surface area (Å²) in [4.78, 5) is 13.4. The molecule has 0 unspecified atom stereocenters. The van der Waals surface area contributed by atoms with Crippen LogP contribution in [0.2, 0.25) is 0 Å². The summed E-state index contributed by atoms with van der Waals surface area (Å²) in [5.41, 5.74) is 2.41. The van der Waals surface area contributed by atoms with Gasteiger partial charge in [0, 0.05) is 18.8 Å². The number of hydrogen-bond donors (Lipinski definition) is 1. The molecule has 6 heteroatoms. The van der Waals surface area contributed by atoms with Gasteiger partial charge >= 0.3 is 0 Å². The third-order valence-electron chi connectivity index (χ3n) is 4.07. The molecular weight excluding hydrogens is 312 g/mol. The number of hydrogen-bond acceptors (Lipinski definition) is 3. The number of rotatable bonds is 4. The van der Waals surface area contributed by atoms with E-state index >= 15 is 0 Å². The Bertz CT molecular complexity index is 847. The summed E-state index contributed by atoms with van der Waals surface area (Å²) < 4.78 is 27.8. The number of nitrogens with one attached hydrogen (secondary N) is 1. The molecule has 1 atom stereocenters. The van der Waals surface area contributed by atoms with Gasteiger partial charge in [-0.1, -0.05) is 30.3 Å². The first-order chi connectivity index (χ1) is 10.9. The molecule has 0 aliphatic carbocycles. The Kier molecular flexibility index (Phi) is 3.95. The van der Waals surface area contributed by atoms with E-state index in [0.717, 1.165) is 16.8 Å². The molecule has 23 heavy (non-hydrogen) atoms. The summed E-state index contributed by atoms with van der Waals surface area (Å²) in [6, 6.07) is 13.9. The van der Waals surface area contributed by atoms with Crippen LogP contribution in [-0.4, -0.2) is 21.4 Å². The maximum absolute atomic E-state index is 12.6. The highest BCUT2D eigenvalue weighted by molar-refractivity contribution is 7.89. The van der Waals surface area contributed by atoms with Gasteiger partial charge in [-0.15, -0.1) is 0 Å². The van der Waals surface area contributed by atoms with Crippen molar-refractivity contribution in [2.45, 2.75) is 24.3 Å². The van der Waals surface area contributed by atoms with Crippen LogP contribution in [0.4, 0.5) is 5.69 Å². The monoisotopic (exact) mass is 330 g/mol. The average Bonchev–Trinajstić information content (AvgIpc) is 2.82. The van der Waals surface area contributed by atoms with Gasteiger partial charge in [0.05, 0.1) is 11.3 Å². The highest BCUT2D eigenvalue weighted by Crippen LogP contribution is 2.30. The summed E-state index contributed by atoms with van der Waals surface area (Å²) in [7, 11) is -1.95. The molecule has 0 bridgehead atoms. The van der Waals surface area contributed by atoms with Gasteiger partial charge in [0.15, 0.2) is 0 Å². The standard InChI is InChI=1S/C17H18N2O3S/c1-12(13-6-4-3-5-7-13)18-23(21,22)15-8-9-16-14(10-15)11-17(20)19(16)2/h3-10,12,18H,11H2,1-2H3/t12-/m0/s1. The number of fused-ring (bicyclic) bond motifs is 1. The molecule has 1 aliphatic heterocycles. The summed E-state index contributed by atoms with van der Waals surface area (Å²) in [6.45, 7) is 1.80. The Balaban J connectivity index is 1.87. The van der Waals surface area contributed by atoms with E-state index in [2.05, 4.69) is 4.72 Å². The van der Waals surface area contributed by atoms with Crippen LogP contribution in [0.3, 0.4) is 0 Å². The van der Waals surface area contributed by atoms with Crippen LogP contribution >= 0.6 is 0 Å². The first-order valence-corrected chi connectivity index (χ1v) is 8.83. The van der Waals surface area contributed by atoms with Crippen molar-refractivity contribution in [2.75, 3.05) is 11.9 Å². The molecule has 1 N–H and O–H groups in total. The van der Waals surface area contributed by atoms with Crippen molar-refractivity contribution in [3.8, 4) is 0 Å². The second-order valence-corrected chi connectivity index (χ2v) is 7.39. The minimum absolute atomic E-state index is 0.0276. The lowest BCUT2D eigenvalue weighted by atomic mass is 10.1. The fourth-order valence-corrected chi connectivity index (χ4v) is 4.01. The highest BCUT2D eigenvalue weighted by atomic mass is 32.2. The van der Waals surface area contributed by atoms with Crippen LogP contribution in [0.25, 0.3) is 0 Å². The van der Waals surface area contributed by atoms with Gasteiger partial charge < -0.3 is 4.90 Å². The molecule has 0 spiro atoms. The fraction of sp³-hybridized carbons (Fsp3) is 0.235. The zero-order chi connectivity index (χ0) is 16.6. The van der Waals surface area contributed by atoms with Crippen LogP contribution in [0, 0.1) is 0 Å². The predicted octanol–water partition coefficient (Wildman–Crippen LogP) is 2.25. The van der Waals surface area contributed by atoms with Crippen LogP contribution in [0.15, 0.2) is 53.4 Å². The summed E-state index contributed by atoms with van der Waals surface area (Å²) in [6.07, 6.45) is 0.240. The first-order valence-electron chi connectivity index (χ1n) is 7.35. The third-order valence-corrected chi connectivity index (χ3v) is 5.61. The second kappa shape index (κ2) is 5.79. The van der Waals surface area contributed by atoms with Gasteiger partial charge in [-0.25, -0.2) is 13.1 Å². The lowest BCUT2D eigenvalue weighted by Crippen LogP contribution is -2.27. The molecule has 0 aromatic heterocycles. The molecule has 0 saturated carbocycles. The lowest BCUT2D eigenvalue weighted by molar-refractivity contribution is -0.117. The Morgan fingerprint density at radius 3 is 2.52 bits per heavy atom. The Morgan fingerprint density at radius 1 is 1.13 bits per heavy atom. The normalized spacial score (nSPS) is 15.6. The Hall–Kier alpha value is -2.18. The molecule has 1 amide bonds. The number of anilines is 1. The maximum atomic E-state index is 12.6. The number of likely N-dealkylation sites (N-methyl/N-ethyl adjacent to an activating group) is 1. The van der Waals surface area contributed by atoms with Crippen molar-refractivity contribution in [1.82, 2.24) is 4.72 Å². The number of sulfonamides is 1. The van der Waals surface area contributed by atoms with Crippen molar-refractivity contribution >= 4 is 21.6 Å². The van der Waals surface area contributed by atoms with E-state index < -0.39 is 10.0 Å². The molecule has 0 fully saturated rings. The predicted molar refractivity (Wildman–Crippen MR) is 88.7 cm³/mol. The molecule has 2 aromatic rings. The minimum atomic E-state index is -3.64. The van der Waals surface area contributed by atoms with Crippen molar-refractivity contribution in [3.63, 3.8) is 0 Å². The first kappa shape index (κ1) is 15.7. The van der Waals surface area contributed by atoms with Gasteiger partial charge in [-0.3, -0.25) is 4.79 Å². The van der Waals surface area contributed by atoms with E-state index in [0.29, 0.717) is 0 Å². The molecule has 5 nitrogen and oxygen atoms in total. The summed E-state index contributed by atoms with van der Waals surface area (Å²) >= 11 is 0. The molecule has 0 saturated heterocycles. The van der Waals surface area contributed by atoms with Crippen molar-refractivity contribution in [1.29, 1.82) is 0 Å². The largest absolute Gasteiger partial charge is 0.315 e. The maximum Gasteiger partial charge on any atom is 0.241 e. The smallest absolute Gasteiger partial charge is 0.241 e. The van der Waals surface area contributed by atoms with Gasteiger partial charge in [0.25, 0.3) is 0 Å². The van der Waals surface area contributed by atoms with E-state index in [4.69, 9.17) is 0 Å². The highest BCUT2D eigenvalue weighted by Gasteiger charge is 2.26. The lowest BCUT2D eigenvalue weighted by Gasteiger charge is -2.15. The van der Waals surface area contributed by atoms with Gasteiger partial charge in [-0.05, 0) is 36.2 Å². The molecule has 3 rings (SSSR count). The van der Waals surface area contributed by atoms with Crippen LogP contribution in [0.5, 0.6) is 0 Å². The van der Waals surface area contributed by atoms with E-state index in [1.54, 1.807) is 31.0 Å². The fourth-order valence-electron chi connectivity index (χ4n) is 2.72. The Labute approximate surface area is 136 Å². The zero-order valence-corrected chi connectivity index (χ0v) is 13.8. The minimum Gasteiger partial charge on any atom is -0.315 e. The van der Waals surface area contributed by atoms with E-state index in [-0.39, 0.29) is 23.3 Å². The number of carbonyl (C=O) groups excluding carboxylic acids is 1. The zero-order valence-electron chi connectivity index (χ0n) is 13.0. The van der Waals surface area contributed by atoms with E-state index in [1.807, 2.05) is 30.3 Å². The number of carbonyl (C=O) groups is 1. The van der Waals surface area contributed by atoms with Gasteiger partial charge in [0.2, 0.25) is 15.9 Å². The number of nitrogens with zero attached hydrogens (tertiary/aromatic N) is 1. The second-order valence-electron chi connectivity index (χ2n) is 5.67. The van der Waals surface area contributed by atoms with Crippen molar-refractivity contribution in [3.05, 3.63) is 59.7 Å². The molecule has 2 aromatic carbocycles. The third kappa shape index (κ3) is 3.00. The van der Waals surface area contributed by atoms with Crippen LogP contribution in [-0.2, 0) is 21.2 Å². The molecule has 1 aliphatic rings. The van der Waals surface area contributed by atoms with Gasteiger partial charge in [0.1, 0.15) is 0 Å². The molecule has 0 radical (unpaired) electrons. The topological polar surface area (TPSA) is 66.5 Å². The molecular formula is C17H18N2O3S. The van der Waals surface area contributed by atoms with Gasteiger partial charge in [-0.2, -0.15) is 0 Å². The summed E-state index contributed by atoms with van der Waals surface area (Å²) in [5.74, 6) is -0.0276. The Morgan fingerprint density at radius 2 is 1.83 bits per heavy atom. The average molecular weight is 330 g/mol. The van der Waals surface area contributed by atoms with E-state index in [9.17, 15) is 13.2 Å². The SMILES string of the molecule is C[C@H](NS(=O)(=O)c1ccc2c(c1)CC(=O)N2C)c1ccccc1. The van der Waals surface area contributed by atoms with Crippen molar-refractivity contribution < 1.29 is 13.2 Å². The quantitative estimate of drug-likeness (QED) is 0.935. The van der Waals surface area contributed by atoms with Crippen LogP contribution < -0.4 is 9.62 Å². The number of benzene rings is 2. The van der Waals surface area contributed by atoms with Crippen molar-refractivity contribution in [2.24, 2.45) is 0 Å².